The highest BCUT2D eigenvalue weighted by Gasteiger charge is 2.41. The van der Waals surface area contributed by atoms with Crippen molar-refractivity contribution in [2.24, 2.45) is 0 Å². The van der Waals surface area contributed by atoms with Crippen LogP contribution in [0.4, 0.5) is 0 Å². The first-order valence-corrected chi connectivity index (χ1v) is 8.86. The number of aromatic nitrogens is 2. The highest BCUT2D eigenvalue weighted by atomic mass is 32.1. The number of hydrogen-bond acceptors (Lipinski definition) is 2. The fraction of sp³-hybridized carbons (Fsp3) is 0.474. The fourth-order valence-corrected chi connectivity index (χ4v) is 4.84. The Hall–Kier alpha value is -1.48. The Kier molecular flexibility index (Phi) is 3.41. The number of benzene rings is 1. The van der Waals surface area contributed by atoms with E-state index in [1.54, 1.807) is 0 Å². The van der Waals surface area contributed by atoms with Gasteiger partial charge in [0.1, 0.15) is 10.5 Å². The Morgan fingerprint density at radius 2 is 1.95 bits per heavy atom. The lowest BCUT2D eigenvalue weighted by Gasteiger charge is -2.42. The molecule has 1 heterocycles. The predicted octanol–water partition coefficient (Wildman–Crippen LogP) is 5.13. The number of nitrogens with one attached hydrogen (secondary N) is 1. The average molecular weight is 310 g/mol. The Labute approximate surface area is 137 Å². The molecule has 0 radical (unpaired) electrons. The maximum atomic E-state index is 5.74. The van der Waals surface area contributed by atoms with Gasteiger partial charge in [0.15, 0.2) is 0 Å². The lowest BCUT2D eigenvalue weighted by atomic mass is 9.62. The number of fused-ring (bicyclic) bond motifs is 4. The van der Waals surface area contributed by atoms with E-state index in [4.69, 9.17) is 12.2 Å². The monoisotopic (exact) mass is 310 g/mol. The molecule has 0 bridgehead atoms. The Morgan fingerprint density at radius 3 is 2.73 bits per heavy atom. The van der Waals surface area contributed by atoms with Crippen molar-refractivity contribution < 1.29 is 0 Å². The van der Waals surface area contributed by atoms with Crippen LogP contribution in [0.1, 0.15) is 56.0 Å². The van der Waals surface area contributed by atoms with Gasteiger partial charge in [-0.2, -0.15) is 0 Å². The molecule has 0 amide bonds. The molecule has 2 aromatic rings. The standard InChI is InChI=1S/C19H22N2S/c1-2-15-20-17-14-9-5-4-8-13(14)12-19(10-6-3-7-11-19)16(17)18(22)21-15/h4-5,8-9H,2-3,6-7,10-12H2,1H3,(H,20,21,22). The molecule has 0 saturated heterocycles. The number of nitrogens with zero attached hydrogens (tertiary/aromatic N) is 1. The van der Waals surface area contributed by atoms with Gasteiger partial charge < -0.3 is 4.98 Å². The summed E-state index contributed by atoms with van der Waals surface area (Å²) in [6.07, 6.45) is 8.50. The smallest absolute Gasteiger partial charge is 0.134 e. The van der Waals surface area contributed by atoms with Crippen molar-refractivity contribution >= 4 is 12.2 Å². The van der Waals surface area contributed by atoms with Crippen LogP contribution in [-0.2, 0) is 18.3 Å². The second-order valence-electron chi connectivity index (χ2n) is 6.77. The largest absolute Gasteiger partial charge is 0.343 e. The molecule has 2 aliphatic carbocycles. The number of hydrogen-bond donors (Lipinski definition) is 1. The van der Waals surface area contributed by atoms with Gasteiger partial charge in [-0.3, -0.25) is 0 Å². The molecule has 114 valence electrons. The SMILES string of the molecule is CCc1nc(=S)c2c([nH]1)-c1ccccc1CC21CCCCC1. The van der Waals surface area contributed by atoms with Gasteiger partial charge in [0.25, 0.3) is 0 Å². The molecule has 1 N–H and O–H groups in total. The molecule has 4 rings (SSSR count). The van der Waals surface area contributed by atoms with E-state index in [0.29, 0.717) is 0 Å². The molecule has 0 atom stereocenters. The third-order valence-corrected chi connectivity index (χ3v) is 5.76. The van der Waals surface area contributed by atoms with Crippen LogP contribution in [-0.4, -0.2) is 9.97 Å². The van der Waals surface area contributed by atoms with Gasteiger partial charge in [-0.1, -0.05) is 62.7 Å². The molecular formula is C19H22N2S. The molecule has 3 heteroatoms. The number of aryl methyl sites for hydroxylation is 1. The van der Waals surface area contributed by atoms with Crippen LogP contribution in [0, 0.1) is 4.64 Å². The van der Waals surface area contributed by atoms with E-state index in [2.05, 4.69) is 41.2 Å². The number of rotatable bonds is 1. The molecular weight excluding hydrogens is 288 g/mol. The molecule has 0 unspecified atom stereocenters. The summed E-state index contributed by atoms with van der Waals surface area (Å²) in [7, 11) is 0. The minimum atomic E-state index is 0.217. The summed E-state index contributed by atoms with van der Waals surface area (Å²) in [6, 6.07) is 8.81. The molecule has 0 aliphatic heterocycles. The van der Waals surface area contributed by atoms with E-state index >= 15 is 0 Å². The number of aromatic amines is 1. The van der Waals surface area contributed by atoms with Gasteiger partial charge in [0, 0.05) is 23.0 Å². The molecule has 2 nitrogen and oxygen atoms in total. The Morgan fingerprint density at radius 1 is 1.18 bits per heavy atom. The first-order chi connectivity index (χ1) is 10.7. The highest BCUT2D eigenvalue weighted by molar-refractivity contribution is 7.71. The Bertz CT molecular complexity index is 769. The minimum absolute atomic E-state index is 0.217. The van der Waals surface area contributed by atoms with E-state index in [1.807, 2.05) is 0 Å². The Balaban J connectivity index is 2.02. The zero-order valence-electron chi connectivity index (χ0n) is 13.1. The van der Waals surface area contributed by atoms with Gasteiger partial charge in [-0.15, -0.1) is 0 Å². The van der Waals surface area contributed by atoms with Crippen molar-refractivity contribution in [3.63, 3.8) is 0 Å². The van der Waals surface area contributed by atoms with Gasteiger partial charge in [0.05, 0.1) is 5.69 Å². The third-order valence-electron chi connectivity index (χ3n) is 5.46. The third kappa shape index (κ3) is 2.06. The van der Waals surface area contributed by atoms with Crippen LogP contribution >= 0.6 is 12.2 Å². The molecule has 1 fully saturated rings. The zero-order chi connectivity index (χ0) is 15.2. The first kappa shape index (κ1) is 14.1. The van der Waals surface area contributed by atoms with E-state index in [1.165, 1.54) is 54.5 Å². The van der Waals surface area contributed by atoms with Gasteiger partial charge >= 0.3 is 0 Å². The quantitative estimate of drug-likeness (QED) is 0.740. The summed E-state index contributed by atoms with van der Waals surface area (Å²) < 4.78 is 0.835. The summed E-state index contributed by atoms with van der Waals surface area (Å²) in [6.45, 7) is 2.13. The van der Waals surface area contributed by atoms with Crippen LogP contribution < -0.4 is 0 Å². The molecule has 1 spiro atoms. The van der Waals surface area contributed by atoms with Crippen molar-refractivity contribution in [2.45, 2.75) is 57.3 Å². The lowest BCUT2D eigenvalue weighted by molar-refractivity contribution is 0.286. The zero-order valence-corrected chi connectivity index (χ0v) is 13.9. The van der Waals surface area contributed by atoms with Gasteiger partial charge in [-0.25, -0.2) is 4.98 Å². The summed E-state index contributed by atoms with van der Waals surface area (Å²) >= 11 is 5.74. The van der Waals surface area contributed by atoms with Crippen LogP contribution in [0.25, 0.3) is 11.3 Å². The van der Waals surface area contributed by atoms with E-state index in [-0.39, 0.29) is 5.41 Å². The number of H-pyrrole nitrogens is 1. The van der Waals surface area contributed by atoms with Gasteiger partial charge in [0.2, 0.25) is 0 Å². The van der Waals surface area contributed by atoms with Gasteiger partial charge in [-0.05, 0) is 24.8 Å². The second kappa shape index (κ2) is 5.31. The molecule has 1 saturated carbocycles. The van der Waals surface area contributed by atoms with Crippen LogP contribution in [0.5, 0.6) is 0 Å². The van der Waals surface area contributed by atoms with Crippen molar-refractivity contribution in [1.29, 1.82) is 0 Å². The maximum Gasteiger partial charge on any atom is 0.134 e. The summed E-state index contributed by atoms with van der Waals surface area (Å²) in [4.78, 5) is 8.29. The minimum Gasteiger partial charge on any atom is -0.343 e. The van der Waals surface area contributed by atoms with Crippen molar-refractivity contribution in [1.82, 2.24) is 9.97 Å². The van der Waals surface area contributed by atoms with E-state index < -0.39 is 0 Å². The normalized spacial score (nSPS) is 18.8. The fourth-order valence-electron chi connectivity index (χ4n) is 4.41. The van der Waals surface area contributed by atoms with Crippen molar-refractivity contribution in [3.8, 4) is 11.3 Å². The second-order valence-corrected chi connectivity index (χ2v) is 7.15. The summed E-state index contributed by atoms with van der Waals surface area (Å²) in [5, 5.41) is 0. The van der Waals surface area contributed by atoms with Crippen LogP contribution in [0.2, 0.25) is 0 Å². The van der Waals surface area contributed by atoms with Crippen molar-refractivity contribution in [2.75, 3.05) is 0 Å². The summed E-state index contributed by atoms with van der Waals surface area (Å²) in [5.74, 6) is 1.01. The molecule has 1 aromatic heterocycles. The molecule has 2 aliphatic rings. The lowest BCUT2D eigenvalue weighted by Crippen LogP contribution is -2.36. The van der Waals surface area contributed by atoms with Crippen molar-refractivity contribution in [3.05, 3.63) is 45.9 Å². The van der Waals surface area contributed by atoms with Crippen LogP contribution in [0.15, 0.2) is 24.3 Å². The van der Waals surface area contributed by atoms with E-state index in [0.717, 1.165) is 23.3 Å². The maximum absolute atomic E-state index is 5.74. The van der Waals surface area contributed by atoms with Crippen LogP contribution in [0.3, 0.4) is 0 Å². The molecule has 1 aromatic carbocycles. The first-order valence-electron chi connectivity index (χ1n) is 8.45. The predicted molar refractivity (Wildman–Crippen MR) is 92.7 cm³/mol. The highest BCUT2D eigenvalue weighted by Crippen LogP contribution is 2.49. The average Bonchev–Trinajstić information content (AvgIpc) is 2.55. The van der Waals surface area contributed by atoms with E-state index in [9.17, 15) is 0 Å². The molecule has 22 heavy (non-hydrogen) atoms. The topological polar surface area (TPSA) is 28.7 Å². The summed E-state index contributed by atoms with van der Waals surface area (Å²) in [5.41, 5.74) is 5.60.